The van der Waals surface area contributed by atoms with Gasteiger partial charge in [0.25, 0.3) is 0 Å². The minimum absolute atomic E-state index is 0.441. The molecule has 1 atom stereocenters. The smallest absolute Gasteiger partial charge is 0.00931 e. The van der Waals surface area contributed by atoms with Gasteiger partial charge >= 0.3 is 0 Å². The first-order valence-electron chi connectivity index (χ1n) is 7.03. The van der Waals surface area contributed by atoms with E-state index in [-0.39, 0.29) is 0 Å². The first-order valence-corrected chi connectivity index (χ1v) is 7.03. The van der Waals surface area contributed by atoms with E-state index in [1.807, 2.05) is 0 Å². The molecule has 0 aromatic rings. The number of hydrogen-bond donors (Lipinski definition) is 1. The monoisotopic (exact) mass is 226 g/mol. The third-order valence-corrected chi connectivity index (χ3v) is 4.09. The van der Waals surface area contributed by atoms with Crippen molar-refractivity contribution in [1.29, 1.82) is 0 Å². The molecule has 0 aromatic carbocycles. The lowest BCUT2D eigenvalue weighted by Crippen LogP contribution is -2.30. The minimum Gasteiger partial charge on any atom is -0.330 e. The molecule has 2 N–H and O–H groups in total. The highest BCUT2D eigenvalue weighted by Gasteiger charge is 2.23. The van der Waals surface area contributed by atoms with Crippen LogP contribution in [0.1, 0.15) is 59.3 Å². The van der Waals surface area contributed by atoms with E-state index in [0.29, 0.717) is 5.41 Å². The number of nitrogens with zero attached hydrogens (tertiary/aromatic N) is 1. The Kier molecular flexibility index (Phi) is 5.77. The summed E-state index contributed by atoms with van der Waals surface area (Å²) in [5.74, 6) is 0. The predicted octanol–water partition coefficient (Wildman–Crippen LogP) is 3.02. The molecule has 0 spiro atoms. The lowest BCUT2D eigenvalue weighted by atomic mass is 9.84. The second-order valence-corrected chi connectivity index (χ2v) is 6.05. The van der Waals surface area contributed by atoms with Gasteiger partial charge in [-0.3, -0.25) is 0 Å². The minimum atomic E-state index is 0.441. The Balaban J connectivity index is 2.19. The van der Waals surface area contributed by atoms with Crippen LogP contribution in [-0.4, -0.2) is 30.6 Å². The lowest BCUT2D eigenvalue weighted by Gasteiger charge is -2.27. The molecule has 0 aliphatic carbocycles. The molecule has 0 amide bonds. The first-order chi connectivity index (χ1) is 7.59. The second-order valence-electron chi connectivity index (χ2n) is 6.05. The number of nitrogens with two attached hydrogens (primary N) is 1. The molecule has 0 radical (unpaired) electrons. The lowest BCUT2D eigenvalue weighted by molar-refractivity contribution is 0.218. The van der Waals surface area contributed by atoms with Gasteiger partial charge in [0.05, 0.1) is 0 Å². The molecule has 96 valence electrons. The van der Waals surface area contributed by atoms with Crippen LogP contribution in [0.4, 0.5) is 0 Å². The van der Waals surface area contributed by atoms with E-state index in [0.717, 1.165) is 19.0 Å². The van der Waals surface area contributed by atoms with Crippen molar-refractivity contribution in [2.45, 2.75) is 65.3 Å². The van der Waals surface area contributed by atoms with Crippen molar-refractivity contribution >= 4 is 0 Å². The van der Waals surface area contributed by atoms with Crippen molar-refractivity contribution in [2.75, 3.05) is 19.6 Å². The molecular weight excluding hydrogens is 196 g/mol. The van der Waals surface area contributed by atoms with E-state index in [1.165, 1.54) is 45.2 Å². The molecule has 1 aliphatic heterocycles. The van der Waals surface area contributed by atoms with E-state index in [9.17, 15) is 0 Å². The third-order valence-electron chi connectivity index (χ3n) is 4.09. The second kappa shape index (κ2) is 6.61. The van der Waals surface area contributed by atoms with Gasteiger partial charge in [-0.2, -0.15) is 0 Å². The summed E-state index contributed by atoms with van der Waals surface area (Å²) in [5.41, 5.74) is 6.08. The van der Waals surface area contributed by atoms with Gasteiger partial charge in [-0.05, 0) is 63.6 Å². The Morgan fingerprint density at radius 1 is 1.31 bits per heavy atom. The maximum absolute atomic E-state index is 5.64. The average Bonchev–Trinajstić information content (AvgIpc) is 2.64. The van der Waals surface area contributed by atoms with Gasteiger partial charge in [-0.15, -0.1) is 0 Å². The van der Waals surface area contributed by atoms with Crippen LogP contribution in [0, 0.1) is 5.41 Å². The predicted molar refractivity (Wildman–Crippen MR) is 71.6 cm³/mol. The van der Waals surface area contributed by atoms with Gasteiger partial charge in [0, 0.05) is 6.04 Å². The summed E-state index contributed by atoms with van der Waals surface area (Å²) in [7, 11) is 0. The van der Waals surface area contributed by atoms with Crippen molar-refractivity contribution in [1.82, 2.24) is 4.90 Å². The quantitative estimate of drug-likeness (QED) is 0.723. The van der Waals surface area contributed by atoms with Crippen LogP contribution in [-0.2, 0) is 0 Å². The van der Waals surface area contributed by atoms with Crippen LogP contribution in [0.5, 0.6) is 0 Å². The van der Waals surface area contributed by atoms with Gasteiger partial charge in [-0.25, -0.2) is 0 Å². The zero-order valence-corrected chi connectivity index (χ0v) is 11.5. The first kappa shape index (κ1) is 14.0. The number of rotatable bonds is 7. The zero-order valence-electron chi connectivity index (χ0n) is 11.5. The van der Waals surface area contributed by atoms with E-state index in [1.54, 1.807) is 0 Å². The molecule has 0 saturated carbocycles. The van der Waals surface area contributed by atoms with Crippen molar-refractivity contribution in [3.05, 3.63) is 0 Å². The molecule has 0 aromatic heterocycles. The molecule has 1 fully saturated rings. The zero-order chi connectivity index (χ0) is 12.0. The van der Waals surface area contributed by atoms with Gasteiger partial charge in [0.2, 0.25) is 0 Å². The maximum Gasteiger partial charge on any atom is 0.00931 e. The van der Waals surface area contributed by atoms with Crippen molar-refractivity contribution in [2.24, 2.45) is 11.1 Å². The van der Waals surface area contributed by atoms with E-state index >= 15 is 0 Å². The molecule has 1 heterocycles. The maximum atomic E-state index is 5.64. The van der Waals surface area contributed by atoms with E-state index in [4.69, 9.17) is 5.73 Å². The van der Waals surface area contributed by atoms with Crippen molar-refractivity contribution in [3.63, 3.8) is 0 Å². The van der Waals surface area contributed by atoms with Gasteiger partial charge in [0.1, 0.15) is 0 Å². The van der Waals surface area contributed by atoms with E-state index in [2.05, 4.69) is 25.7 Å². The van der Waals surface area contributed by atoms with Crippen LogP contribution < -0.4 is 5.73 Å². The Hall–Kier alpha value is -0.0800. The van der Waals surface area contributed by atoms with Crippen LogP contribution in [0.15, 0.2) is 0 Å². The van der Waals surface area contributed by atoms with Crippen molar-refractivity contribution in [3.8, 4) is 0 Å². The molecule has 2 heteroatoms. The number of hydrogen-bond acceptors (Lipinski definition) is 2. The fraction of sp³-hybridized carbons (Fsp3) is 1.00. The highest BCUT2D eigenvalue weighted by Crippen LogP contribution is 2.27. The topological polar surface area (TPSA) is 29.3 Å². The van der Waals surface area contributed by atoms with Crippen molar-refractivity contribution < 1.29 is 0 Å². The summed E-state index contributed by atoms with van der Waals surface area (Å²) in [6.45, 7) is 10.5. The molecule has 1 aliphatic rings. The van der Waals surface area contributed by atoms with Gasteiger partial charge in [0.15, 0.2) is 0 Å². The van der Waals surface area contributed by atoms with Gasteiger partial charge < -0.3 is 10.6 Å². The highest BCUT2D eigenvalue weighted by molar-refractivity contribution is 4.78. The van der Waals surface area contributed by atoms with Crippen LogP contribution in [0.2, 0.25) is 0 Å². The summed E-state index contributed by atoms with van der Waals surface area (Å²) in [6, 6.07) is 0.873. The Morgan fingerprint density at radius 3 is 2.69 bits per heavy atom. The molecule has 1 saturated heterocycles. The van der Waals surface area contributed by atoms with Crippen LogP contribution in [0.25, 0.3) is 0 Å². The third kappa shape index (κ3) is 4.42. The summed E-state index contributed by atoms with van der Waals surface area (Å²) >= 11 is 0. The normalized spacial score (nSPS) is 22.9. The van der Waals surface area contributed by atoms with Crippen LogP contribution >= 0.6 is 0 Å². The standard InChI is InChI=1S/C14H30N2/c1-4-13-7-5-11-16(13)12-6-8-14(2,3)9-10-15/h13H,4-12,15H2,1-3H3. The summed E-state index contributed by atoms with van der Waals surface area (Å²) in [6.07, 6.45) is 7.96. The Labute approximate surface area is 102 Å². The SMILES string of the molecule is CCC1CCCN1CCCC(C)(C)CCN. The molecule has 1 rings (SSSR count). The molecule has 16 heavy (non-hydrogen) atoms. The molecule has 0 bridgehead atoms. The largest absolute Gasteiger partial charge is 0.330 e. The Bertz CT molecular complexity index is 189. The molecule has 1 unspecified atom stereocenters. The summed E-state index contributed by atoms with van der Waals surface area (Å²) in [5, 5.41) is 0. The fourth-order valence-electron chi connectivity index (χ4n) is 2.93. The molecular formula is C14H30N2. The number of likely N-dealkylation sites (tertiary alicyclic amines) is 1. The highest BCUT2D eigenvalue weighted by atomic mass is 15.2. The average molecular weight is 226 g/mol. The van der Waals surface area contributed by atoms with Gasteiger partial charge in [-0.1, -0.05) is 20.8 Å². The Morgan fingerprint density at radius 2 is 2.06 bits per heavy atom. The summed E-state index contributed by atoms with van der Waals surface area (Å²) in [4.78, 5) is 2.69. The summed E-state index contributed by atoms with van der Waals surface area (Å²) < 4.78 is 0. The van der Waals surface area contributed by atoms with E-state index < -0.39 is 0 Å². The van der Waals surface area contributed by atoms with Crippen LogP contribution in [0.3, 0.4) is 0 Å². The molecule has 2 nitrogen and oxygen atoms in total. The fourth-order valence-corrected chi connectivity index (χ4v) is 2.93.